The number of methoxy groups -OCH3 is 1. The van der Waals surface area contributed by atoms with Crippen molar-refractivity contribution in [3.8, 4) is 0 Å². The van der Waals surface area contributed by atoms with Crippen molar-refractivity contribution in [2.75, 3.05) is 20.3 Å². The molecule has 0 aliphatic rings. The van der Waals surface area contributed by atoms with Crippen LogP contribution in [-0.2, 0) is 11.2 Å². The molecule has 1 rings (SSSR count). The summed E-state index contributed by atoms with van der Waals surface area (Å²) >= 11 is 3.47. The van der Waals surface area contributed by atoms with Gasteiger partial charge in [0.05, 0.1) is 19.0 Å². The Bertz CT molecular complexity index is 339. The molecule has 0 aromatic heterocycles. The first-order chi connectivity index (χ1) is 7.24. The summed E-state index contributed by atoms with van der Waals surface area (Å²) in [5, 5.41) is 0. The van der Waals surface area contributed by atoms with Gasteiger partial charge in [-0.3, -0.25) is 4.99 Å². The number of amidine groups is 1. The van der Waals surface area contributed by atoms with E-state index in [1.165, 1.54) is 0 Å². The Morgan fingerprint density at radius 2 is 2.20 bits per heavy atom. The highest BCUT2D eigenvalue weighted by molar-refractivity contribution is 9.10. The highest BCUT2D eigenvalue weighted by Crippen LogP contribution is 2.15. The summed E-state index contributed by atoms with van der Waals surface area (Å²) in [6.07, 6.45) is 0.672. The Morgan fingerprint density at radius 1 is 1.47 bits per heavy atom. The molecular weight excluding hydrogens is 256 g/mol. The molecule has 82 valence electrons. The van der Waals surface area contributed by atoms with Gasteiger partial charge in [0.2, 0.25) is 0 Å². The molecular formula is C11H15BrN2O. The van der Waals surface area contributed by atoms with E-state index in [0.717, 1.165) is 10.0 Å². The quantitative estimate of drug-likeness (QED) is 0.506. The lowest BCUT2D eigenvalue weighted by Crippen LogP contribution is -2.16. The lowest BCUT2D eigenvalue weighted by atomic mass is 10.1. The van der Waals surface area contributed by atoms with Gasteiger partial charge < -0.3 is 10.5 Å². The molecule has 1 aromatic rings. The molecule has 0 aliphatic carbocycles. The van der Waals surface area contributed by atoms with Gasteiger partial charge in [-0.25, -0.2) is 0 Å². The lowest BCUT2D eigenvalue weighted by molar-refractivity contribution is 0.208. The highest BCUT2D eigenvalue weighted by Gasteiger charge is 2.00. The normalized spacial score (nSPS) is 11.7. The third-order valence-electron chi connectivity index (χ3n) is 1.94. The molecule has 0 aliphatic heterocycles. The number of aliphatic imine (C=N–C) groups is 1. The fraction of sp³-hybridized carbons (Fsp3) is 0.364. The molecule has 2 N–H and O–H groups in total. The molecule has 0 radical (unpaired) electrons. The SMILES string of the molecule is COCCN=C(N)Cc1ccccc1Br. The van der Waals surface area contributed by atoms with E-state index in [4.69, 9.17) is 10.5 Å². The molecule has 0 saturated carbocycles. The van der Waals surface area contributed by atoms with Crippen LogP contribution in [0.5, 0.6) is 0 Å². The largest absolute Gasteiger partial charge is 0.387 e. The van der Waals surface area contributed by atoms with E-state index in [-0.39, 0.29) is 0 Å². The van der Waals surface area contributed by atoms with Crippen molar-refractivity contribution in [1.29, 1.82) is 0 Å². The fourth-order valence-corrected chi connectivity index (χ4v) is 1.60. The molecule has 0 saturated heterocycles. The second kappa shape index (κ2) is 6.58. The van der Waals surface area contributed by atoms with Crippen LogP contribution in [-0.4, -0.2) is 26.1 Å². The lowest BCUT2D eigenvalue weighted by Gasteiger charge is -2.03. The van der Waals surface area contributed by atoms with Gasteiger partial charge in [0.15, 0.2) is 0 Å². The van der Waals surface area contributed by atoms with Crippen molar-refractivity contribution in [2.24, 2.45) is 10.7 Å². The minimum absolute atomic E-state index is 0.608. The smallest absolute Gasteiger partial charge is 0.0982 e. The summed E-state index contributed by atoms with van der Waals surface area (Å²) in [6, 6.07) is 7.99. The molecule has 1 aromatic carbocycles. The Kier molecular flexibility index (Phi) is 5.36. The third kappa shape index (κ3) is 4.44. The van der Waals surface area contributed by atoms with Crippen LogP contribution in [0.25, 0.3) is 0 Å². The molecule has 4 heteroatoms. The standard InChI is InChI=1S/C11H15BrN2O/c1-15-7-6-14-11(13)8-9-4-2-3-5-10(9)12/h2-5H,6-8H2,1H3,(H2,13,14). The summed E-state index contributed by atoms with van der Waals surface area (Å²) in [5.74, 6) is 0.638. The Labute approximate surface area is 98.5 Å². The van der Waals surface area contributed by atoms with Crippen molar-refractivity contribution in [2.45, 2.75) is 6.42 Å². The van der Waals surface area contributed by atoms with Crippen molar-refractivity contribution < 1.29 is 4.74 Å². The second-order valence-electron chi connectivity index (χ2n) is 3.13. The molecule has 0 unspecified atom stereocenters. The zero-order valence-electron chi connectivity index (χ0n) is 8.74. The average Bonchev–Trinajstić information content (AvgIpc) is 2.22. The maximum atomic E-state index is 5.79. The first-order valence-electron chi connectivity index (χ1n) is 4.75. The van der Waals surface area contributed by atoms with E-state index >= 15 is 0 Å². The Hall–Kier alpha value is -0.870. The molecule has 15 heavy (non-hydrogen) atoms. The summed E-state index contributed by atoms with van der Waals surface area (Å²) in [7, 11) is 1.65. The van der Waals surface area contributed by atoms with E-state index in [9.17, 15) is 0 Å². The molecule has 0 heterocycles. The van der Waals surface area contributed by atoms with Crippen LogP contribution in [0.15, 0.2) is 33.7 Å². The first kappa shape index (κ1) is 12.2. The van der Waals surface area contributed by atoms with Gasteiger partial charge in [-0.15, -0.1) is 0 Å². The Balaban J connectivity index is 2.54. The summed E-state index contributed by atoms with van der Waals surface area (Å²) < 4.78 is 5.96. The molecule has 0 bridgehead atoms. The zero-order chi connectivity index (χ0) is 11.1. The van der Waals surface area contributed by atoms with Crippen molar-refractivity contribution >= 4 is 21.8 Å². The number of nitrogens with zero attached hydrogens (tertiary/aromatic N) is 1. The zero-order valence-corrected chi connectivity index (χ0v) is 10.3. The van der Waals surface area contributed by atoms with E-state index in [0.29, 0.717) is 25.4 Å². The predicted molar refractivity (Wildman–Crippen MR) is 66.2 cm³/mol. The number of hydrogen-bond acceptors (Lipinski definition) is 2. The third-order valence-corrected chi connectivity index (χ3v) is 2.71. The Morgan fingerprint density at radius 3 is 2.87 bits per heavy atom. The van der Waals surface area contributed by atoms with E-state index in [1.807, 2.05) is 24.3 Å². The predicted octanol–water partition coefficient (Wildman–Crippen LogP) is 2.00. The number of ether oxygens (including phenoxy) is 1. The number of nitrogens with two attached hydrogens (primary N) is 1. The molecule has 3 nitrogen and oxygen atoms in total. The number of halogens is 1. The second-order valence-corrected chi connectivity index (χ2v) is 3.99. The number of benzene rings is 1. The minimum Gasteiger partial charge on any atom is -0.387 e. The van der Waals surface area contributed by atoms with Gasteiger partial charge in [-0.1, -0.05) is 34.1 Å². The van der Waals surface area contributed by atoms with Crippen LogP contribution in [0.4, 0.5) is 0 Å². The number of hydrogen-bond donors (Lipinski definition) is 1. The van der Waals surface area contributed by atoms with Gasteiger partial charge in [-0.05, 0) is 11.6 Å². The fourth-order valence-electron chi connectivity index (χ4n) is 1.17. The van der Waals surface area contributed by atoms with Gasteiger partial charge in [0, 0.05) is 18.0 Å². The minimum atomic E-state index is 0.608. The van der Waals surface area contributed by atoms with Crippen LogP contribution in [0.1, 0.15) is 5.56 Å². The summed E-state index contributed by atoms with van der Waals surface area (Å²) in [6.45, 7) is 1.23. The highest BCUT2D eigenvalue weighted by atomic mass is 79.9. The van der Waals surface area contributed by atoms with Crippen LogP contribution < -0.4 is 5.73 Å². The van der Waals surface area contributed by atoms with Gasteiger partial charge in [0.1, 0.15) is 0 Å². The van der Waals surface area contributed by atoms with Crippen molar-refractivity contribution in [3.05, 3.63) is 34.3 Å². The molecule has 0 atom stereocenters. The van der Waals surface area contributed by atoms with E-state index < -0.39 is 0 Å². The summed E-state index contributed by atoms with van der Waals surface area (Å²) in [5.41, 5.74) is 6.94. The maximum Gasteiger partial charge on any atom is 0.0982 e. The maximum absolute atomic E-state index is 5.79. The van der Waals surface area contributed by atoms with Gasteiger partial charge in [-0.2, -0.15) is 0 Å². The van der Waals surface area contributed by atoms with E-state index in [1.54, 1.807) is 7.11 Å². The molecule has 0 fully saturated rings. The average molecular weight is 271 g/mol. The van der Waals surface area contributed by atoms with Gasteiger partial charge in [0.25, 0.3) is 0 Å². The first-order valence-corrected chi connectivity index (χ1v) is 5.54. The monoisotopic (exact) mass is 270 g/mol. The van der Waals surface area contributed by atoms with E-state index in [2.05, 4.69) is 20.9 Å². The summed E-state index contributed by atoms with van der Waals surface area (Å²) in [4.78, 5) is 4.20. The van der Waals surface area contributed by atoms with Crippen LogP contribution in [0, 0.1) is 0 Å². The number of rotatable bonds is 5. The topological polar surface area (TPSA) is 47.6 Å². The van der Waals surface area contributed by atoms with Crippen LogP contribution >= 0.6 is 15.9 Å². The van der Waals surface area contributed by atoms with Crippen molar-refractivity contribution in [1.82, 2.24) is 0 Å². The van der Waals surface area contributed by atoms with Crippen molar-refractivity contribution in [3.63, 3.8) is 0 Å². The van der Waals surface area contributed by atoms with Gasteiger partial charge >= 0.3 is 0 Å². The molecule has 0 spiro atoms. The van der Waals surface area contributed by atoms with Crippen LogP contribution in [0.3, 0.4) is 0 Å². The van der Waals surface area contributed by atoms with Crippen LogP contribution in [0.2, 0.25) is 0 Å². The molecule has 0 amide bonds.